The summed E-state index contributed by atoms with van der Waals surface area (Å²) in [6.07, 6.45) is 1.21. The van der Waals surface area contributed by atoms with Gasteiger partial charge in [-0.05, 0) is 31.5 Å². The quantitative estimate of drug-likeness (QED) is 0.760. The van der Waals surface area contributed by atoms with E-state index in [1.807, 2.05) is 27.0 Å². The van der Waals surface area contributed by atoms with Gasteiger partial charge in [0.05, 0.1) is 12.1 Å². The summed E-state index contributed by atoms with van der Waals surface area (Å²) >= 11 is 0. The minimum atomic E-state index is -0.0104. The van der Waals surface area contributed by atoms with E-state index in [1.165, 1.54) is 0 Å². The van der Waals surface area contributed by atoms with Crippen LogP contribution in [0.3, 0.4) is 0 Å². The average Bonchev–Trinajstić information content (AvgIpc) is 2.86. The van der Waals surface area contributed by atoms with E-state index in [9.17, 15) is 4.79 Å². The molecule has 0 aliphatic heterocycles. The summed E-state index contributed by atoms with van der Waals surface area (Å²) in [5.41, 5.74) is 1.92. The third kappa shape index (κ3) is 2.46. The summed E-state index contributed by atoms with van der Waals surface area (Å²) in [6.45, 7) is 3.87. The molecule has 0 aliphatic carbocycles. The van der Waals surface area contributed by atoms with Crippen molar-refractivity contribution in [2.75, 3.05) is 0 Å². The predicted octanol–water partition coefficient (Wildman–Crippen LogP) is 2.31. The Balaban J connectivity index is 2.15. The Kier molecular flexibility index (Phi) is 3.13. The van der Waals surface area contributed by atoms with Gasteiger partial charge in [0, 0.05) is 12.7 Å². The Labute approximate surface area is 100 Å². The fourth-order valence-electron chi connectivity index (χ4n) is 1.75. The summed E-state index contributed by atoms with van der Waals surface area (Å²) in [5.74, 6) is 1.16. The molecule has 17 heavy (non-hydrogen) atoms. The Morgan fingerprint density at radius 1 is 1.47 bits per heavy atom. The SMILES string of the molecule is CCc1cc(CC(=O)c2ccc(C)o2)n(C)n1. The molecule has 2 aromatic heterocycles. The van der Waals surface area contributed by atoms with Crippen LogP contribution in [0.4, 0.5) is 0 Å². The lowest BCUT2D eigenvalue weighted by Crippen LogP contribution is -2.07. The van der Waals surface area contributed by atoms with Gasteiger partial charge in [-0.25, -0.2) is 0 Å². The highest BCUT2D eigenvalue weighted by molar-refractivity contribution is 5.94. The van der Waals surface area contributed by atoms with Gasteiger partial charge in [-0.1, -0.05) is 6.92 Å². The van der Waals surface area contributed by atoms with Crippen LogP contribution in [0.1, 0.15) is 34.6 Å². The second-order valence-corrected chi connectivity index (χ2v) is 4.11. The van der Waals surface area contributed by atoms with Crippen molar-refractivity contribution in [2.24, 2.45) is 7.05 Å². The molecule has 2 aromatic rings. The van der Waals surface area contributed by atoms with Crippen LogP contribution in [-0.2, 0) is 19.9 Å². The van der Waals surface area contributed by atoms with Crippen LogP contribution in [0.25, 0.3) is 0 Å². The molecule has 0 saturated carbocycles. The molecule has 0 aromatic carbocycles. The van der Waals surface area contributed by atoms with Crippen molar-refractivity contribution in [3.63, 3.8) is 0 Å². The van der Waals surface area contributed by atoms with Gasteiger partial charge in [-0.15, -0.1) is 0 Å². The Bertz CT molecular complexity index is 537. The van der Waals surface area contributed by atoms with Crippen LogP contribution in [0, 0.1) is 6.92 Å². The Hall–Kier alpha value is -1.84. The van der Waals surface area contributed by atoms with Crippen molar-refractivity contribution in [2.45, 2.75) is 26.7 Å². The summed E-state index contributed by atoms with van der Waals surface area (Å²) in [6, 6.07) is 5.48. The average molecular weight is 232 g/mol. The molecule has 0 saturated heterocycles. The van der Waals surface area contributed by atoms with E-state index in [2.05, 4.69) is 5.10 Å². The van der Waals surface area contributed by atoms with Gasteiger partial charge in [0.1, 0.15) is 5.76 Å². The molecule has 4 heteroatoms. The highest BCUT2D eigenvalue weighted by Crippen LogP contribution is 2.12. The number of hydrogen-bond donors (Lipinski definition) is 0. The molecule has 4 nitrogen and oxygen atoms in total. The molecule has 0 amide bonds. The minimum absolute atomic E-state index is 0.0104. The molecule has 0 radical (unpaired) electrons. The molecule has 0 atom stereocenters. The summed E-state index contributed by atoms with van der Waals surface area (Å²) in [4.78, 5) is 11.9. The first-order chi connectivity index (χ1) is 8.10. The molecule has 0 spiro atoms. The number of carbonyl (C=O) groups is 1. The molecule has 0 N–H and O–H groups in total. The van der Waals surface area contributed by atoms with Gasteiger partial charge in [0.15, 0.2) is 5.76 Å². The van der Waals surface area contributed by atoms with Crippen molar-refractivity contribution >= 4 is 5.78 Å². The van der Waals surface area contributed by atoms with E-state index < -0.39 is 0 Å². The number of furan rings is 1. The molecule has 0 aliphatic rings. The lowest BCUT2D eigenvalue weighted by atomic mass is 10.1. The zero-order valence-corrected chi connectivity index (χ0v) is 10.4. The van der Waals surface area contributed by atoms with Gasteiger partial charge in [-0.3, -0.25) is 9.48 Å². The van der Waals surface area contributed by atoms with Gasteiger partial charge >= 0.3 is 0 Å². The molecule has 0 fully saturated rings. The van der Waals surface area contributed by atoms with Crippen LogP contribution >= 0.6 is 0 Å². The van der Waals surface area contributed by atoms with Crippen molar-refractivity contribution in [1.29, 1.82) is 0 Å². The zero-order valence-electron chi connectivity index (χ0n) is 10.4. The number of aryl methyl sites for hydroxylation is 3. The number of carbonyl (C=O) groups excluding carboxylic acids is 1. The summed E-state index contributed by atoms with van der Waals surface area (Å²) in [7, 11) is 1.86. The first kappa shape index (κ1) is 11.6. The second-order valence-electron chi connectivity index (χ2n) is 4.11. The topological polar surface area (TPSA) is 48.0 Å². The fraction of sp³-hybridized carbons (Fsp3) is 0.385. The number of nitrogens with zero attached hydrogens (tertiary/aromatic N) is 2. The first-order valence-electron chi connectivity index (χ1n) is 5.71. The third-order valence-electron chi connectivity index (χ3n) is 2.75. The van der Waals surface area contributed by atoms with Crippen LogP contribution in [0.5, 0.6) is 0 Å². The van der Waals surface area contributed by atoms with Crippen LogP contribution in [0.2, 0.25) is 0 Å². The Morgan fingerprint density at radius 3 is 2.76 bits per heavy atom. The summed E-state index contributed by atoms with van der Waals surface area (Å²) in [5, 5.41) is 4.31. The van der Waals surface area contributed by atoms with Crippen LogP contribution in [0.15, 0.2) is 22.6 Å². The van der Waals surface area contributed by atoms with Crippen molar-refractivity contribution in [3.8, 4) is 0 Å². The first-order valence-corrected chi connectivity index (χ1v) is 5.71. The van der Waals surface area contributed by atoms with Crippen LogP contribution < -0.4 is 0 Å². The minimum Gasteiger partial charge on any atom is -0.458 e. The lowest BCUT2D eigenvalue weighted by molar-refractivity contribution is 0.0963. The van der Waals surface area contributed by atoms with Crippen molar-refractivity contribution in [3.05, 3.63) is 41.1 Å². The van der Waals surface area contributed by atoms with Crippen molar-refractivity contribution < 1.29 is 9.21 Å². The second kappa shape index (κ2) is 4.57. The normalized spacial score (nSPS) is 10.8. The largest absolute Gasteiger partial charge is 0.458 e. The van der Waals surface area contributed by atoms with E-state index in [0.717, 1.165) is 23.6 Å². The third-order valence-corrected chi connectivity index (χ3v) is 2.75. The maximum atomic E-state index is 11.9. The monoisotopic (exact) mass is 232 g/mol. The highest BCUT2D eigenvalue weighted by Gasteiger charge is 2.14. The number of Topliss-reactive ketones (excluding diaryl/α,β-unsaturated/α-hetero) is 1. The molecular formula is C13H16N2O2. The number of aromatic nitrogens is 2. The van der Waals surface area contributed by atoms with E-state index in [1.54, 1.807) is 16.8 Å². The Morgan fingerprint density at radius 2 is 2.24 bits per heavy atom. The zero-order chi connectivity index (χ0) is 12.4. The van der Waals surface area contributed by atoms with Gasteiger partial charge in [0.25, 0.3) is 0 Å². The molecule has 2 heterocycles. The number of ketones is 1. The van der Waals surface area contributed by atoms with Crippen molar-refractivity contribution in [1.82, 2.24) is 9.78 Å². The van der Waals surface area contributed by atoms with Gasteiger partial charge in [0.2, 0.25) is 5.78 Å². The van der Waals surface area contributed by atoms with E-state index in [4.69, 9.17) is 4.42 Å². The maximum Gasteiger partial charge on any atom is 0.203 e. The molecular weight excluding hydrogens is 216 g/mol. The predicted molar refractivity (Wildman–Crippen MR) is 64.1 cm³/mol. The van der Waals surface area contributed by atoms with Gasteiger partial charge in [-0.2, -0.15) is 5.10 Å². The lowest BCUT2D eigenvalue weighted by Gasteiger charge is -1.98. The smallest absolute Gasteiger partial charge is 0.203 e. The van der Waals surface area contributed by atoms with E-state index >= 15 is 0 Å². The van der Waals surface area contributed by atoms with Crippen LogP contribution in [-0.4, -0.2) is 15.6 Å². The highest BCUT2D eigenvalue weighted by atomic mass is 16.3. The molecule has 0 unspecified atom stereocenters. The summed E-state index contributed by atoms with van der Waals surface area (Å²) < 4.78 is 7.07. The van der Waals surface area contributed by atoms with Gasteiger partial charge < -0.3 is 4.42 Å². The fourth-order valence-corrected chi connectivity index (χ4v) is 1.75. The van der Waals surface area contributed by atoms with E-state index in [0.29, 0.717) is 12.2 Å². The molecule has 2 rings (SSSR count). The number of rotatable bonds is 4. The standard InChI is InChI=1S/C13H16N2O2/c1-4-10-7-11(15(3)14-10)8-12(16)13-6-5-9(2)17-13/h5-7H,4,8H2,1-3H3. The van der Waals surface area contributed by atoms with E-state index in [-0.39, 0.29) is 5.78 Å². The number of hydrogen-bond acceptors (Lipinski definition) is 3. The molecule has 0 bridgehead atoms. The maximum absolute atomic E-state index is 11.9. The molecule has 90 valence electrons.